The molecule has 0 bridgehead atoms. The van der Waals surface area contributed by atoms with Crippen LogP contribution in [-0.2, 0) is 0 Å². The molecule has 74 valence electrons. The second-order valence-corrected chi connectivity index (χ2v) is 4.07. The van der Waals surface area contributed by atoms with Gasteiger partial charge in [0.25, 0.3) is 0 Å². The Morgan fingerprint density at radius 2 is 1.50 bits per heavy atom. The molecule has 0 rings (SSSR count). The highest BCUT2D eigenvalue weighted by Gasteiger charge is 2.11. The summed E-state index contributed by atoms with van der Waals surface area (Å²) in [6.07, 6.45) is 4.57. The van der Waals surface area contributed by atoms with Crippen LogP contribution < -0.4 is 0 Å². The molecule has 0 saturated carbocycles. The van der Waals surface area contributed by atoms with Crippen LogP contribution in [-0.4, -0.2) is 11.2 Å². The van der Waals surface area contributed by atoms with Crippen molar-refractivity contribution >= 4 is 0 Å². The summed E-state index contributed by atoms with van der Waals surface area (Å²) in [5.41, 5.74) is 0. The van der Waals surface area contributed by atoms with Crippen LogP contribution in [0.4, 0.5) is 0 Å². The van der Waals surface area contributed by atoms with Gasteiger partial charge in [0.05, 0.1) is 6.10 Å². The molecule has 1 heteroatoms. The normalized spacial score (nSPS) is 14.2. The van der Waals surface area contributed by atoms with E-state index in [-0.39, 0.29) is 6.10 Å². The van der Waals surface area contributed by atoms with Crippen LogP contribution in [0.5, 0.6) is 0 Å². The average Bonchev–Trinajstić information content (AvgIpc) is 2.05. The molecule has 0 amide bonds. The first-order chi connectivity index (χ1) is 5.61. The van der Waals surface area contributed by atoms with E-state index in [0.29, 0.717) is 5.92 Å². The summed E-state index contributed by atoms with van der Waals surface area (Å²) in [7, 11) is 0. The van der Waals surface area contributed by atoms with Gasteiger partial charge in [-0.05, 0) is 24.7 Å². The maximum atomic E-state index is 9.57. The maximum absolute atomic E-state index is 9.57. The lowest BCUT2D eigenvalue weighted by Gasteiger charge is -2.17. The Hall–Kier alpha value is -0.0400. The molecule has 0 radical (unpaired) electrons. The SMILES string of the molecule is CCC(CC)CCC(O)C(C)C. The Morgan fingerprint density at radius 3 is 1.83 bits per heavy atom. The van der Waals surface area contributed by atoms with Crippen molar-refractivity contribution in [2.24, 2.45) is 11.8 Å². The maximum Gasteiger partial charge on any atom is 0.0563 e. The molecule has 12 heavy (non-hydrogen) atoms. The Labute approximate surface area is 77.2 Å². The smallest absolute Gasteiger partial charge is 0.0563 e. The molecular formula is C11H24O. The fourth-order valence-corrected chi connectivity index (χ4v) is 1.44. The largest absolute Gasteiger partial charge is 0.393 e. The Bertz CT molecular complexity index is 93.2. The van der Waals surface area contributed by atoms with Crippen molar-refractivity contribution in [2.75, 3.05) is 0 Å². The second-order valence-electron chi connectivity index (χ2n) is 4.07. The predicted molar refractivity (Wildman–Crippen MR) is 54.2 cm³/mol. The highest BCUT2D eigenvalue weighted by atomic mass is 16.3. The molecule has 1 N–H and O–H groups in total. The lowest BCUT2D eigenvalue weighted by molar-refractivity contribution is 0.107. The highest BCUT2D eigenvalue weighted by Crippen LogP contribution is 2.18. The van der Waals surface area contributed by atoms with Crippen molar-refractivity contribution in [3.8, 4) is 0 Å². The summed E-state index contributed by atoms with van der Waals surface area (Å²) in [6, 6.07) is 0. The second kappa shape index (κ2) is 6.47. The molecule has 0 saturated heterocycles. The molecule has 1 unspecified atom stereocenters. The third kappa shape index (κ3) is 4.76. The molecule has 0 fully saturated rings. The van der Waals surface area contributed by atoms with E-state index in [4.69, 9.17) is 0 Å². The van der Waals surface area contributed by atoms with Gasteiger partial charge in [0.1, 0.15) is 0 Å². The summed E-state index contributed by atoms with van der Waals surface area (Å²) in [4.78, 5) is 0. The van der Waals surface area contributed by atoms with Gasteiger partial charge in [-0.25, -0.2) is 0 Å². The molecule has 0 heterocycles. The van der Waals surface area contributed by atoms with Crippen molar-refractivity contribution < 1.29 is 5.11 Å². The predicted octanol–water partition coefficient (Wildman–Crippen LogP) is 3.22. The van der Waals surface area contributed by atoms with Gasteiger partial charge in [-0.2, -0.15) is 0 Å². The lowest BCUT2D eigenvalue weighted by Crippen LogP contribution is -2.15. The van der Waals surface area contributed by atoms with E-state index >= 15 is 0 Å². The first-order valence-corrected chi connectivity index (χ1v) is 5.29. The van der Waals surface area contributed by atoms with E-state index in [1.54, 1.807) is 0 Å². The van der Waals surface area contributed by atoms with Crippen LogP contribution in [0.1, 0.15) is 53.4 Å². The van der Waals surface area contributed by atoms with E-state index < -0.39 is 0 Å². The summed E-state index contributed by atoms with van der Waals surface area (Å²) in [5.74, 6) is 1.23. The third-order valence-electron chi connectivity index (χ3n) is 2.79. The van der Waals surface area contributed by atoms with E-state index in [2.05, 4.69) is 27.7 Å². The van der Waals surface area contributed by atoms with Crippen molar-refractivity contribution in [1.82, 2.24) is 0 Å². The van der Waals surface area contributed by atoms with Crippen molar-refractivity contribution in [2.45, 2.75) is 59.5 Å². The van der Waals surface area contributed by atoms with Gasteiger partial charge in [-0.15, -0.1) is 0 Å². The molecule has 0 aromatic rings. The topological polar surface area (TPSA) is 20.2 Å². The first kappa shape index (κ1) is 12.0. The van der Waals surface area contributed by atoms with Gasteiger partial charge in [-0.1, -0.05) is 40.5 Å². The summed E-state index contributed by atoms with van der Waals surface area (Å²) < 4.78 is 0. The van der Waals surface area contributed by atoms with Crippen LogP contribution in [0.25, 0.3) is 0 Å². The molecule has 0 aliphatic carbocycles. The van der Waals surface area contributed by atoms with Gasteiger partial charge in [0, 0.05) is 0 Å². The van der Waals surface area contributed by atoms with E-state index in [0.717, 1.165) is 12.3 Å². The molecule has 1 nitrogen and oxygen atoms in total. The molecule has 0 aromatic carbocycles. The molecule has 1 atom stereocenters. The van der Waals surface area contributed by atoms with E-state index in [1.807, 2.05) is 0 Å². The van der Waals surface area contributed by atoms with Crippen molar-refractivity contribution in [1.29, 1.82) is 0 Å². The quantitative estimate of drug-likeness (QED) is 0.652. The standard InChI is InChI=1S/C11H24O/c1-5-10(6-2)7-8-11(12)9(3)4/h9-12H,5-8H2,1-4H3. The zero-order chi connectivity index (χ0) is 9.56. The monoisotopic (exact) mass is 172 g/mol. The van der Waals surface area contributed by atoms with Crippen LogP contribution in [0.3, 0.4) is 0 Å². The van der Waals surface area contributed by atoms with Crippen LogP contribution in [0.15, 0.2) is 0 Å². The summed E-state index contributed by atoms with van der Waals surface area (Å²) in [5, 5.41) is 9.57. The fourth-order valence-electron chi connectivity index (χ4n) is 1.44. The van der Waals surface area contributed by atoms with Gasteiger partial charge >= 0.3 is 0 Å². The van der Waals surface area contributed by atoms with Crippen LogP contribution >= 0.6 is 0 Å². The van der Waals surface area contributed by atoms with Crippen molar-refractivity contribution in [3.63, 3.8) is 0 Å². The Morgan fingerprint density at radius 1 is 1.00 bits per heavy atom. The number of aliphatic hydroxyl groups is 1. The molecule has 0 spiro atoms. The van der Waals surface area contributed by atoms with Gasteiger partial charge in [-0.3, -0.25) is 0 Å². The van der Waals surface area contributed by atoms with Crippen LogP contribution in [0, 0.1) is 11.8 Å². The minimum absolute atomic E-state index is 0.0920. The molecule has 0 aliphatic rings. The zero-order valence-corrected chi connectivity index (χ0v) is 9.01. The van der Waals surface area contributed by atoms with Gasteiger partial charge < -0.3 is 5.11 Å². The Balaban J connectivity index is 3.51. The van der Waals surface area contributed by atoms with Gasteiger partial charge in [0.2, 0.25) is 0 Å². The summed E-state index contributed by atoms with van der Waals surface area (Å²) >= 11 is 0. The lowest BCUT2D eigenvalue weighted by atomic mass is 9.93. The first-order valence-electron chi connectivity index (χ1n) is 5.29. The number of aliphatic hydroxyl groups excluding tert-OH is 1. The molecular weight excluding hydrogens is 148 g/mol. The number of hydrogen-bond acceptors (Lipinski definition) is 1. The molecule has 0 aromatic heterocycles. The average molecular weight is 172 g/mol. The fraction of sp³-hybridized carbons (Fsp3) is 1.00. The zero-order valence-electron chi connectivity index (χ0n) is 9.01. The van der Waals surface area contributed by atoms with Crippen molar-refractivity contribution in [3.05, 3.63) is 0 Å². The minimum atomic E-state index is -0.0920. The van der Waals surface area contributed by atoms with E-state index in [9.17, 15) is 5.11 Å². The van der Waals surface area contributed by atoms with Crippen LogP contribution in [0.2, 0.25) is 0 Å². The van der Waals surface area contributed by atoms with E-state index in [1.165, 1.54) is 19.3 Å². The number of rotatable bonds is 6. The minimum Gasteiger partial charge on any atom is -0.393 e. The third-order valence-corrected chi connectivity index (χ3v) is 2.79. The summed E-state index contributed by atoms with van der Waals surface area (Å²) in [6.45, 7) is 8.63. The molecule has 0 aliphatic heterocycles. The highest BCUT2D eigenvalue weighted by molar-refractivity contribution is 4.63. The van der Waals surface area contributed by atoms with Gasteiger partial charge in [0.15, 0.2) is 0 Å². The Kier molecular flexibility index (Phi) is 6.45. The number of hydrogen-bond donors (Lipinski definition) is 1.